The van der Waals surface area contributed by atoms with Crippen molar-refractivity contribution in [3.63, 3.8) is 0 Å². The van der Waals surface area contributed by atoms with Crippen LogP contribution in [0.1, 0.15) is 5.56 Å². The number of aromatic amines is 1. The molecule has 0 radical (unpaired) electrons. The molecule has 0 bridgehead atoms. The molecule has 5 heteroatoms. The Hall–Kier alpha value is -1.52. The molecule has 1 aromatic heterocycles. The number of hydrogen-bond donors (Lipinski definition) is 3. The average molecular weight is 267 g/mol. The minimum atomic E-state index is -0.310. The van der Waals surface area contributed by atoms with E-state index in [1.165, 1.54) is 0 Å². The van der Waals surface area contributed by atoms with Crippen molar-refractivity contribution in [1.29, 1.82) is 0 Å². The molecule has 2 rings (SSSR count). The van der Waals surface area contributed by atoms with E-state index in [0.29, 0.717) is 6.42 Å². The molecule has 1 heterocycles. The van der Waals surface area contributed by atoms with Gasteiger partial charge in [-0.25, -0.2) is 0 Å². The minimum absolute atomic E-state index is 0.0929. The van der Waals surface area contributed by atoms with E-state index in [1.54, 1.807) is 0 Å². The molecule has 2 aromatic rings. The van der Waals surface area contributed by atoms with Crippen LogP contribution in [0.2, 0.25) is 0 Å². The summed E-state index contributed by atoms with van der Waals surface area (Å²) in [6, 6.07) is 7.62. The number of fused-ring (bicyclic) bond motifs is 1. The zero-order valence-corrected chi connectivity index (χ0v) is 10.6. The molecule has 0 saturated carbocycles. The Morgan fingerprint density at radius 3 is 2.94 bits per heavy atom. The van der Waals surface area contributed by atoms with Crippen LogP contribution in [0, 0.1) is 0 Å². The van der Waals surface area contributed by atoms with E-state index in [2.05, 4.69) is 10.3 Å². The first-order valence-electron chi connectivity index (χ1n) is 5.75. The van der Waals surface area contributed by atoms with Crippen LogP contribution in [-0.2, 0) is 11.2 Å². The van der Waals surface area contributed by atoms with Crippen LogP contribution in [-0.4, -0.2) is 34.5 Å². The molecule has 3 N–H and O–H groups in total. The lowest BCUT2D eigenvalue weighted by Gasteiger charge is -2.15. The zero-order chi connectivity index (χ0) is 13.0. The maximum atomic E-state index is 11.2. The Kier molecular flexibility index (Phi) is 4.23. The molecule has 0 unspecified atom stereocenters. The smallest absolute Gasteiger partial charge is 0.235 e. The maximum absolute atomic E-state index is 11.2. The van der Waals surface area contributed by atoms with E-state index >= 15 is 0 Å². The van der Waals surface area contributed by atoms with E-state index in [4.69, 9.17) is 11.6 Å². The van der Waals surface area contributed by atoms with Gasteiger partial charge in [-0.05, 0) is 18.1 Å². The van der Waals surface area contributed by atoms with Crippen LogP contribution in [0.5, 0.6) is 0 Å². The lowest BCUT2D eigenvalue weighted by molar-refractivity contribution is -0.119. The van der Waals surface area contributed by atoms with Gasteiger partial charge in [-0.2, -0.15) is 0 Å². The van der Waals surface area contributed by atoms with Gasteiger partial charge in [0.15, 0.2) is 0 Å². The van der Waals surface area contributed by atoms with E-state index in [0.717, 1.165) is 16.5 Å². The number of carbonyl (C=O) groups is 1. The van der Waals surface area contributed by atoms with Gasteiger partial charge in [0.2, 0.25) is 5.91 Å². The molecule has 0 aliphatic rings. The van der Waals surface area contributed by atoms with Crippen LogP contribution in [0.15, 0.2) is 30.5 Å². The van der Waals surface area contributed by atoms with Crippen molar-refractivity contribution in [1.82, 2.24) is 10.3 Å². The Morgan fingerprint density at radius 2 is 2.22 bits per heavy atom. The molecular formula is C13H15ClN2O2. The predicted molar refractivity (Wildman–Crippen MR) is 71.7 cm³/mol. The number of para-hydroxylation sites is 1. The number of H-pyrrole nitrogens is 1. The highest BCUT2D eigenvalue weighted by atomic mass is 35.5. The monoisotopic (exact) mass is 266 g/mol. The lowest BCUT2D eigenvalue weighted by Crippen LogP contribution is -2.39. The second-order valence-corrected chi connectivity index (χ2v) is 4.41. The molecule has 18 heavy (non-hydrogen) atoms. The van der Waals surface area contributed by atoms with E-state index in [9.17, 15) is 9.90 Å². The van der Waals surface area contributed by atoms with Crippen LogP contribution >= 0.6 is 11.6 Å². The Bertz CT molecular complexity index is 539. The van der Waals surface area contributed by atoms with Crippen molar-refractivity contribution >= 4 is 28.4 Å². The summed E-state index contributed by atoms with van der Waals surface area (Å²) in [6.45, 7) is -0.109. The number of aliphatic hydroxyl groups excluding tert-OH is 1. The first kappa shape index (κ1) is 12.9. The number of alkyl halides is 1. The molecule has 1 amide bonds. The van der Waals surface area contributed by atoms with Crippen LogP contribution in [0.4, 0.5) is 0 Å². The van der Waals surface area contributed by atoms with E-state index < -0.39 is 0 Å². The summed E-state index contributed by atoms with van der Waals surface area (Å²) in [6.07, 6.45) is 2.48. The van der Waals surface area contributed by atoms with Crippen molar-refractivity contribution in [2.45, 2.75) is 12.5 Å². The van der Waals surface area contributed by atoms with Gasteiger partial charge in [-0.15, -0.1) is 11.6 Å². The second kappa shape index (κ2) is 5.89. The largest absolute Gasteiger partial charge is 0.394 e. The predicted octanol–water partition coefficient (Wildman–Crippen LogP) is 1.43. The lowest BCUT2D eigenvalue weighted by atomic mass is 10.1. The standard InChI is InChI=1S/C13H15ClN2O2/c14-6-13(18)16-10(8-17)5-9-7-15-12-4-2-1-3-11(9)12/h1-4,7,10,15,17H,5-6,8H2,(H,16,18)/t10-/m1/s1. The molecule has 4 nitrogen and oxygen atoms in total. The van der Waals surface area contributed by atoms with Gasteiger partial charge in [0.1, 0.15) is 5.88 Å². The SMILES string of the molecule is O=C(CCl)N[C@@H](CO)Cc1c[nH]c2ccccc12. The molecule has 0 aliphatic carbocycles. The van der Waals surface area contributed by atoms with Crippen LogP contribution in [0.25, 0.3) is 10.9 Å². The van der Waals surface area contributed by atoms with Gasteiger partial charge >= 0.3 is 0 Å². The summed E-state index contributed by atoms with van der Waals surface area (Å²) in [4.78, 5) is 14.4. The highest BCUT2D eigenvalue weighted by Gasteiger charge is 2.13. The normalized spacial score (nSPS) is 12.6. The summed E-state index contributed by atoms with van der Waals surface area (Å²) < 4.78 is 0. The molecular weight excluding hydrogens is 252 g/mol. The highest BCUT2D eigenvalue weighted by Crippen LogP contribution is 2.18. The van der Waals surface area contributed by atoms with Gasteiger partial charge in [0.25, 0.3) is 0 Å². The number of nitrogens with one attached hydrogen (secondary N) is 2. The second-order valence-electron chi connectivity index (χ2n) is 4.14. The van der Waals surface area contributed by atoms with E-state index in [-0.39, 0.29) is 24.4 Å². The van der Waals surface area contributed by atoms with Gasteiger partial charge in [-0.1, -0.05) is 18.2 Å². The summed E-state index contributed by atoms with van der Waals surface area (Å²) in [5.74, 6) is -0.361. The topological polar surface area (TPSA) is 65.1 Å². The zero-order valence-electron chi connectivity index (χ0n) is 9.82. The molecule has 0 spiro atoms. The Morgan fingerprint density at radius 1 is 1.44 bits per heavy atom. The molecule has 1 atom stereocenters. The number of aliphatic hydroxyl groups is 1. The molecule has 96 valence electrons. The van der Waals surface area contributed by atoms with Gasteiger partial charge in [0, 0.05) is 17.1 Å². The molecule has 0 aliphatic heterocycles. The Labute approximate surface area is 110 Å². The number of benzene rings is 1. The van der Waals surface area contributed by atoms with Crippen molar-refractivity contribution in [3.05, 3.63) is 36.0 Å². The van der Waals surface area contributed by atoms with Gasteiger partial charge in [0.05, 0.1) is 12.6 Å². The summed E-state index contributed by atoms with van der Waals surface area (Å²) in [5, 5.41) is 13.1. The van der Waals surface area contributed by atoms with Gasteiger partial charge in [-0.3, -0.25) is 4.79 Å². The first-order chi connectivity index (χ1) is 8.74. The highest BCUT2D eigenvalue weighted by molar-refractivity contribution is 6.27. The fourth-order valence-electron chi connectivity index (χ4n) is 1.99. The molecule has 0 fully saturated rings. The fraction of sp³-hybridized carbons (Fsp3) is 0.308. The third kappa shape index (κ3) is 2.83. The number of halogens is 1. The molecule has 1 aromatic carbocycles. The third-order valence-corrected chi connectivity index (χ3v) is 3.09. The Balaban J connectivity index is 2.14. The number of amides is 1. The van der Waals surface area contributed by atoms with E-state index in [1.807, 2.05) is 30.5 Å². The van der Waals surface area contributed by atoms with Crippen molar-refractivity contribution < 1.29 is 9.90 Å². The summed E-state index contributed by atoms with van der Waals surface area (Å²) in [7, 11) is 0. The van der Waals surface area contributed by atoms with Crippen LogP contribution < -0.4 is 5.32 Å². The maximum Gasteiger partial charge on any atom is 0.235 e. The minimum Gasteiger partial charge on any atom is -0.394 e. The van der Waals surface area contributed by atoms with Crippen molar-refractivity contribution in [2.24, 2.45) is 0 Å². The van der Waals surface area contributed by atoms with Crippen LogP contribution in [0.3, 0.4) is 0 Å². The number of aromatic nitrogens is 1. The van der Waals surface area contributed by atoms with Gasteiger partial charge < -0.3 is 15.4 Å². The average Bonchev–Trinajstić information content (AvgIpc) is 2.81. The third-order valence-electron chi connectivity index (χ3n) is 2.85. The summed E-state index contributed by atoms with van der Waals surface area (Å²) >= 11 is 5.43. The van der Waals surface area contributed by atoms with Crippen molar-refractivity contribution in [3.8, 4) is 0 Å². The quantitative estimate of drug-likeness (QED) is 0.717. The number of rotatable bonds is 5. The number of carbonyl (C=O) groups excluding carboxylic acids is 1. The number of hydrogen-bond acceptors (Lipinski definition) is 2. The fourth-order valence-corrected chi connectivity index (χ4v) is 2.07. The summed E-state index contributed by atoms with van der Waals surface area (Å²) in [5.41, 5.74) is 2.12. The molecule has 0 saturated heterocycles. The first-order valence-corrected chi connectivity index (χ1v) is 6.29. The van der Waals surface area contributed by atoms with Crippen molar-refractivity contribution in [2.75, 3.05) is 12.5 Å².